The fraction of sp³-hybridized carbons (Fsp3) is 0.667. The molecule has 4 saturated carbocycles. The lowest BCUT2D eigenvalue weighted by Crippen LogP contribution is -2.46. The molecule has 24 heavy (non-hydrogen) atoms. The molecule has 0 spiro atoms. The maximum Gasteiger partial charge on any atom is 0.138 e. The van der Waals surface area contributed by atoms with Crippen molar-refractivity contribution in [1.29, 1.82) is 0 Å². The average Bonchev–Trinajstić information content (AvgIpc) is 2.91. The Hall–Kier alpha value is -1.35. The normalized spacial score (nSPS) is 35.7. The molecule has 3 nitrogen and oxygen atoms in total. The fourth-order valence-corrected chi connectivity index (χ4v) is 6.59. The van der Waals surface area contributed by atoms with Gasteiger partial charge in [0.15, 0.2) is 0 Å². The van der Waals surface area contributed by atoms with Crippen LogP contribution in [0.15, 0.2) is 24.3 Å². The lowest BCUT2D eigenvalue weighted by Gasteiger charge is -2.57. The Bertz CT molecular complexity index is 725. The van der Waals surface area contributed by atoms with Crippen LogP contribution in [0.3, 0.4) is 0 Å². The number of hydrogen-bond acceptors (Lipinski definition) is 2. The smallest absolute Gasteiger partial charge is 0.138 e. The van der Waals surface area contributed by atoms with Crippen LogP contribution in [0.4, 0.5) is 0 Å². The molecule has 4 aliphatic rings. The summed E-state index contributed by atoms with van der Waals surface area (Å²) in [4.78, 5) is 4.69. The molecule has 1 unspecified atom stereocenters. The molecule has 1 atom stereocenters. The van der Waals surface area contributed by atoms with Crippen LogP contribution < -0.4 is 0 Å². The number of benzene rings is 1. The molecule has 0 aliphatic heterocycles. The molecule has 4 aliphatic carbocycles. The van der Waals surface area contributed by atoms with Crippen LogP contribution in [0.2, 0.25) is 0 Å². The number of fused-ring (bicyclic) bond motifs is 1. The Labute approximate surface area is 144 Å². The van der Waals surface area contributed by atoms with E-state index in [1.165, 1.54) is 50.5 Å². The summed E-state index contributed by atoms with van der Waals surface area (Å²) < 4.78 is 2.29. The first-order chi connectivity index (χ1) is 11.6. The minimum atomic E-state index is -0.506. The van der Waals surface area contributed by atoms with Crippen molar-refractivity contribution in [1.82, 2.24) is 9.55 Å². The summed E-state index contributed by atoms with van der Waals surface area (Å²) in [5.41, 5.74) is 2.77. The molecule has 1 aromatic heterocycles. The maximum absolute atomic E-state index is 10.2. The van der Waals surface area contributed by atoms with E-state index in [-0.39, 0.29) is 0 Å². The molecule has 1 heterocycles. The van der Waals surface area contributed by atoms with E-state index in [9.17, 15) is 5.11 Å². The lowest BCUT2D eigenvalue weighted by atomic mass is 9.49. The van der Waals surface area contributed by atoms with Gasteiger partial charge in [0.1, 0.15) is 11.9 Å². The van der Waals surface area contributed by atoms with Crippen LogP contribution in [0.1, 0.15) is 63.8 Å². The zero-order valence-electron chi connectivity index (χ0n) is 14.6. The highest BCUT2D eigenvalue weighted by atomic mass is 16.3. The standard InChI is InChI=1S/C21H28N2O/c1-14(24)20-22-18-4-2-3-5-19(18)23(20)7-6-21-11-15-8-16(12-21)10-17(9-15)13-21/h2-5,14-17,24H,6-13H2,1H3. The Morgan fingerprint density at radius 1 is 1.12 bits per heavy atom. The Morgan fingerprint density at radius 3 is 2.38 bits per heavy atom. The number of imidazole rings is 1. The van der Waals surface area contributed by atoms with Gasteiger partial charge in [0, 0.05) is 6.54 Å². The predicted octanol–water partition coefficient (Wildman–Crippen LogP) is 4.70. The van der Waals surface area contributed by atoms with Gasteiger partial charge in [-0.3, -0.25) is 0 Å². The van der Waals surface area contributed by atoms with Crippen LogP contribution in [0, 0.1) is 23.2 Å². The van der Waals surface area contributed by atoms with Gasteiger partial charge in [0.25, 0.3) is 0 Å². The number of aryl methyl sites for hydroxylation is 1. The van der Waals surface area contributed by atoms with Gasteiger partial charge >= 0.3 is 0 Å². The van der Waals surface area contributed by atoms with Gasteiger partial charge in [-0.1, -0.05) is 12.1 Å². The van der Waals surface area contributed by atoms with Crippen molar-refractivity contribution in [3.05, 3.63) is 30.1 Å². The van der Waals surface area contributed by atoms with Crippen LogP contribution in [-0.4, -0.2) is 14.7 Å². The molecule has 128 valence electrons. The summed E-state index contributed by atoms with van der Waals surface area (Å²) in [6.07, 6.45) is 9.64. The first kappa shape index (κ1) is 14.9. The predicted molar refractivity (Wildman–Crippen MR) is 95.6 cm³/mol. The second kappa shape index (κ2) is 5.32. The van der Waals surface area contributed by atoms with Crippen molar-refractivity contribution in [2.75, 3.05) is 0 Å². The van der Waals surface area contributed by atoms with Crippen molar-refractivity contribution < 1.29 is 5.11 Å². The van der Waals surface area contributed by atoms with Gasteiger partial charge in [-0.2, -0.15) is 0 Å². The number of nitrogens with zero attached hydrogens (tertiary/aromatic N) is 2. The van der Waals surface area contributed by atoms with Crippen molar-refractivity contribution in [3.63, 3.8) is 0 Å². The maximum atomic E-state index is 10.2. The summed E-state index contributed by atoms with van der Waals surface area (Å²) in [5, 5.41) is 10.2. The van der Waals surface area contributed by atoms with Gasteiger partial charge < -0.3 is 9.67 Å². The van der Waals surface area contributed by atoms with E-state index in [1.807, 2.05) is 13.0 Å². The molecule has 0 radical (unpaired) electrons. The lowest BCUT2D eigenvalue weighted by molar-refractivity contribution is -0.0592. The Kier molecular flexibility index (Phi) is 3.31. The van der Waals surface area contributed by atoms with E-state index >= 15 is 0 Å². The summed E-state index contributed by atoms with van der Waals surface area (Å²) in [5.74, 6) is 3.85. The monoisotopic (exact) mass is 324 g/mol. The highest BCUT2D eigenvalue weighted by Gasteiger charge is 2.50. The first-order valence-corrected chi connectivity index (χ1v) is 9.75. The van der Waals surface area contributed by atoms with Crippen molar-refractivity contribution in [2.24, 2.45) is 23.2 Å². The molecule has 0 saturated heterocycles. The second-order valence-electron chi connectivity index (χ2n) is 8.95. The molecule has 3 heteroatoms. The van der Waals surface area contributed by atoms with E-state index in [4.69, 9.17) is 4.98 Å². The van der Waals surface area contributed by atoms with E-state index in [2.05, 4.69) is 22.8 Å². The van der Waals surface area contributed by atoms with Crippen molar-refractivity contribution in [2.45, 2.75) is 64.5 Å². The number of aromatic nitrogens is 2. The Balaban J connectivity index is 1.44. The van der Waals surface area contributed by atoms with Gasteiger partial charge in [-0.05, 0) is 87.2 Å². The van der Waals surface area contributed by atoms with Gasteiger partial charge in [-0.15, -0.1) is 0 Å². The summed E-state index contributed by atoms with van der Waals surface area (Å²) in [6.45, 7) is 2.84. The number of aliphatic hydroxyl groups excluding tert-OH is 1. The number of rotatable bonds is 4. The molecule has 1 N–H and O–H groups in total. The van der Waals surface area contributed by atoms with Crippen LogP contribution >= 0.6 is 0 Å². The van der Waals surface area contributed by atoms with Crippen LogP contribution in [0.5, 0.6) is 0 Å². The van der Waals surface area contributed by atoms with Gasteiger partial charge in [0.2, 0.25) is 0 Å². The molecule has 1 aromatic carbocycles. The number of para-hydroxylation sites is 2. The SMILES string of the molecule is CC(O)c1nc2ccccc2n1CCC12CC3CC(CC(C3)C1)C2. The second-order valence-corrected chi connectivity index (χ2v) is 8.95. The van der Waals surface area contributed by atoms with Crippen molar-refractivity contribution >= 4 is 11.0 Å². The van der Waals surface area contributed by atoms with Gasteiger partial charge in [0.05, 0.1) is 11.0 Å². The number of aliphatic hydroxyl groups is 1. The van der Waals surface area contributed by atoms with E-state index in [0.29, 0.717) is 5.41 Å². The van der Waals surface area contributed by atoms with Crippen molar-refractivity contribution in [3.8, 4) is 0 Å². The zero-order valence-corrected chi connectivity index (χ0v) is 14.6. The molecule has 2 aromatic rings. The fourth-order valence-electron chi connectivity index (χ4n) is 6.59. The highest BCUT2D eigenvalue weighted by Crippen LogP contribution is 2.61. The van der Waals surface area contributed by atoms with Crippen LogP contribution in [-0.2, 0) is 6.54 Å². The molecule has 4 fully saturated rings. The minimum Gasteiger partial charge on any atom is -0.385 e. The van der Waals surface area contributed by atoms with E-state index in [0.717, 1.165) is 35.6 Å². The van der Waals surface area contributed by atoms with E-state index < -0.39 is 6.10 Å². The summed E-state index contributed by atoms with van der Waals surface area (Å²) >= 11 is 0. The Morgan fingerprint density at radius 2 is 1.75 bits per heavy atom. The topological polar surface area (TPSA) is 38.1 Å². The van der Waals surface area contributed by atoms with E-state index in [1.54, 1.807) is 0 Å². The zero-order chi connectivity index (χ0) is 16.3. The molecule has 4 bridgehead atoms. The largest absolute Gasteiger partial charge is 0.385 e. The molecule has 0 amide bonds. The minimum absolute atomic E-state index is 0.506. The van der Waals surface area contributed by atoms with Crippen LogP contribution in [0.25, 0.3) is 11.0 Å². The third kappa shape index (κ3) is 2.32. The molecule has 6 rings (SSSR count). The molecular weight excluding hydrogens is 296 g/mol. The quantitative estimate of drug-likeness (QED) is 0.885. The van der Waals surface area contributed by atoms with Gasteiger partial charge in [-0.25, -0.2) is 4.98 Å². The first-order valence-electron chi connectivity index (χ1n) is 9.75. The number of hydrogen-bond donors (Lipinski definition) is 1. The summed E-state index contributed by atoms with van der Waals surface area (Å²) in [7, 11) is 0. The third-order valence-corrected chi connectivity index (χ3v) is 7.09. The highest BCUT2D eigenvalue weighted by molar-refractivity contribution is 5.76. The summed E-state index contributed by atoms with van der Waals surface area (Å²) in [6, 6.07) is 8.32. The average molecular weight is 324 g/mol. The third-order valence-electron chi connectivity index (χ3n) is 7.09. The molecular formula is C21H28N2O.